The molecule has 4 aromatic carbocycles. The molecule has 4 fully saturated rings. The maximum Gasteiger partial charge on any atom is 0.364 e. The minimum absolute atomic E-state index is 0.471. The Morgan fingerprint density at radius 3 is 1.38 bits per heavy atom. The summed E-state index contributed by atoms with van der Waals surface area (Å²) >= 11 is 0. The van der Waals surface area contributed by atoms with Gasteiger partial charge >= 0.3 is 13.7 Å². The van der Waals surface area contributed by atoms with Crippen LogP contribution in [-0.4, -0.2) is 39.1 Å². The van der Waals surface area contributed by atoms with Gasteiger partial charge in [0.1, 0.15) is 51.5 Å². The van der Waals surface area contributed by atoms with Gasteiger partial charge in [-0.2, -0.15) is 0 Å². The van der Waals surface area contributed by atoms with Crippen molar-refractivity contribution in [1.82, 2.24) is 0 Å². The summed E-state index contributed by atoms with van der Waals surface area (Å²) in [6.45, 7) is 43.0. The van der Waals surface area contributed by atoms with E-state index >= 15 is 0 Å². The van der Waals surface area contributed by atoms with E-state index in [1.165, 1.54) is 115 Å². The summed E-state index contributed by atoms with van der Waals surface area (Å²) in [6.07, 6.45) is 13.7. The second kappa shape index (κ2) is 34.1. The molecule has 0 spiro atoms. The van der Waals surface area contributed by atoms with Crippen LogP contribution in [0.15, 0.2) is 146 Å². The quantitative estimate of drug-likeness (QED) is 0.130. The zero-order chi connectivity index (χ0) is 65.1. The van der Waals surface area contributed by atoms with Crippen LogP contribution in [0.25, 0.3) is 45.0 Å². The molecule has 4 unspecified atom stereocenters. The molecule has 8 aliphatic rings. The fourth-order valence-electron chi connectivity index (χ4n) is 12.0. The van der Waals surface area contributed by atoms with Gasteiger partial charge in [-0.3, -0.25) is 0 Å². The Hall–Kier alpha value is -7.06. The normalized spacial score (nSPS) is 16.3. The van der Waals surface area contributed by atoms with Crippen molar-refractivity contribution in [3.05, 3.63) is 179 Å². The molecule has 0 N–H and O–H groups in total. The predicted octanol–water partition coefficient (Wildman–Crippen LogP) is 16.2. The summed E-state index contributed by atoms with van der Waals surface area (Å²) in [4.78, 5) is 0. The molecule has 88 heavy (non-hydrogen) atoms. The summed E-state index contributed by atoms with van der Waals surface area (Å²) in [5.41, 5.74) is 21.0. The van der Waals surface area contributed by atoms with Crippen LogP contribution in [0, 0.1) is 27.7 Å². The molecule has 4 aromatic heterocycles. The van der Waals surface area contributed by atoms with Crippen LogP contribution in [0.2, 0.25) is 18.9 Å². The minimum Gasteiger partial charge on any atom is -0.569 e. The van der Waals surface area contributed by atoms with E-state index in [1.54, 1.807) is 0 Å². The van der Waals surface area contributed by atoms with E-state index in [-0.39, 0.29) is 0 Å². The van der Waals surface area contributed by atoms with Gasteiger partial charge in [-0.05, 0) is 123 Å². The van der Waals surface area contributed by atoms with Gasteiger partial charge in [0, 0.05) is 77.0 Å². The molecule has 7 aliphatic heterocycles. The van der Waals surface area contributed by atoms with Crippen molar-refractivity contribution < 1.29 is 37.1 Å². The molecular formula is C76H108B4N4O4+4. The first kappa shape index (κ1) is 71.7. The number of aryl methyl sites for hydroxylation is 6. The number of rotatable bonds is 4. The van der Waals surface area contributed by atoms with E-state index in [0.29, 0.717) is 50.9 Å². The molecule has 1 aliphatic carbocycles. The first-order chi connectivity index (χ1) is 43.0. The van der Waals surface area contributed by atoms with E-state index in [4.69, 9.17) is 18.8 Å². The molecule has 0 bridgehead atoms. The Labute approximate surface area is 535 Å². The molecule has 11 heterocycles. The molecule has 0 amide bonds. The van der Waals surface area contributed by atoms with Crippen LogP contribution in [-0.2, 0) is 28.2 Å². The number of hydrogen-bond acceptors (Lipinski definition) is 4. The van der Waals surface area contributed by atoms with Gasteiger partial charge in [0.25, 0.3) is 0 Å². The highest BCUT2D eigenvalue weighted by atomic mass is 16.5. The van der Waals surface area contributed by atoms with Crippen molar-refractivity contribution >= 4 is 38.0 Å². The first-order valence-corrected chi connectivity index (χ1v) is 34.0. The standard InChI is InChI=1S/C16H16NO.2C15H15BNO.C14H14B2NO.8C2H6/c1-10-7-12-13-9-16(13)18-15(12)8-11(10)14-5-3-4-6-17(14)2;1-10-11(14-5-3-4-8-17(14)2)6-7-12-13-9-16(13)18-15(10)12;1-10-7-12-14(18-15-9-16(12)15)8-11(10)13-5-3-4-6-17(13)2;1-10-11(13-5-3-4-8-17(13)2)6-7-12-14(10)18-16-9-15(12)16;8*1-2/h3-8,13,16H,9H2,1-2H3;3-8,13H,9H2,1-2H3;3-8,15H,9H2,1-2H3;3-8H,9H2,1-2H3;8*1-2H3/q4*+1;;;;;;;;. The smallest absolute Gasteiger partial charge is 0.364 e. The van der Waals surface area contributed by atoms with Crippen molar-refractivity contribution in [2.24, 2.45) is 28.2 Å². The average molecular weight is 1180 g/mol. The zero-order valence-corrected chi connectivity index (χ0v) is 58.7. The maximum atomic E-state index is 6.00. The molecule has 4 atom stereocenters. The van der Waals surface area contributed by atoms with Gasteiger partial charge in [0.05, 0.1) is 34.0 Å². The predicted molar refractivity (Wildman–Crippen MR) is 379 cm³/mol. The van der Waals surface area contributed by atoms with E-state index < -0.39 is 0 Å². The topological polar surface area (TPSA) is 52.4 Å². The molecule has 16 rings (SSSR count). The van der Waals surface area contributed by atoms with Crippen LogP contribution >= 0.6 is 0 Å². The Balaban J connectivity index is 0.000000198. The number of fused-ring (bicyclic) bond motifs is 12. The van der Waals surface area contributed by atoms with Crippen molar-refractivity contribution in [2.75, 3.05) is 0 Å². The molecule has 0 radical (unpaired) electrons. The van der Waals surface area contributed by atoms with Gasteiger partial charge in [0.15, 0.2) is 31.4 Å². The lowest BCUT2D eigenvalue weighted by Crippen LogP contribution is -2.30. The van der Waals surface area contributed by atoms with Crippen molar-refractivity contribution in [2.45, 2.75) is 188 Å². The SMILES string of the molecule is CC.CC.CC.CC.CC.CC.CC.CC.Cc1c(-c2cccc[n+]2C)ccc2c1OB1CB12.Cc1c(-c2cccc[n+]2C)ccc2c1OB1CC12.Cc1cc2c(cc1-c1cccc[n+]1C)OC1CB21.Cc1cc2c(cc1-c1cccc[n+]1C)OC1CC21. The van der Waals surface area contributed by atoms with Gasteiger partial charge in [-0.15, -0.1) is 0 Å². The van der Waals surface area contributed by atoms with E-state index in [1.807, 2.05) is 111 Å². The number of nitrogens with zero attached hydrogens (tertiary/aromatic N) is 4. The molecule has 464 valence electrons. The summed E-state index contributed by atoms with van der Waals surface area (Å²) in [5, 5.41) is 0. The lowest BCUT2D eigenvalue weighted by atomic mass is 9.47. The molecule has 12 heteroatoms. The number of hydrogen-bond donors (Lipinski definition) is 0. The van der Waals surface area contributed by atoms with Gasteiger partial charge < -0.3 is 18.8 Å². The fourth-order valence-corrected chi connectivity index (χ4v) is 12.0. The molecule has 8 nitrogen and oxygen atoms in total. The second-order valence-electron chi connectivity index (χ2n) is 21.5. The monoisotopic (exact) mass is 1180 g/mol. The number of aromatic nitrogens is 4. The number of ether oxygens (including phenoxy) is 2. The Kier molecular flexibility index (Phi) is 27.7. The fraction of sp³-hybridized carbons (Fsp3) is 0.421. The molecule has 3 saturated heterocycles. The highest BCUT2D eigenvalue weighted by Crippen LogP contribution is 2.55. The van der Waals surface area contributed by atoms with Crippen molar-refractivity contribution in [1.29, 1.82) is 0 Å². The van der Waals surface area contributed by atoms with E-state index in [9.17, 15) is 0 Å². The highest BCUT2D eigenvalue weighted by molar-refractivity contribution is 7.44. The minimum atomic E-state index is 0.471. The van der Waals surface area contributed by atoms with Crippen LogP contribution in [0.3, 0.4) is 0 Å². The summed E-state index contributed by atoms with van der Waals surface area (Å²) in [6, 6.07) is 43.7. The van der Waals surface area contributed by atoms with Crippen LogP contribution in [0.4, 0.5) is 0 Å². The van der Waals surface area contributed by atoms with Crippen molar-refractivity contribution in [3.8, 4) is 68.0 Å². The van der Waals surface area contributed by atoms with Gasteiger partial charge in [-0.25, -0.2) is 18.3 Å². The largest absolute Gasteiger partial charge is 0.569 e. The summed E-state index contributed by atoms with van der Waals surface area (Å²) in [5.74, 6) is 5.83. The van der Waals surface area contributed by atoms with Crippen LogP contribution in [0.1, 0.15) is 162 Å². The third kappa shape index (κ3) is 15.7. The molecule has 8 aromatic rings. The van der Waals surface area contributed by atoms with Crippen LogP contribution < -0.4 is 48.0 Å². The summed E-state index contributed by atoms with van der Waals surface area (Å²) < 4.78 is 32.5. The maximum absolute atomic E-state index is 6.00. The Morgan fingerprint density at radius 2 is 0.875 bits per heavy atom. The zero-order valence-electron chi connectivity index (χ0n) is 58.7. The van der Waals surface area contributed by atoms with Crippen LogP contribution in [0.5, 0.6) is 23.0 Å². The third-order valence-electron chi connectivity index (χ3n) is 16.5. The second-order valence-corrected chi connectivity index (χ2v) is 21.5. The van der Waals surface area contributed by atoms with Gasteiger partial charge in [-0.1, -0.05) is 141 Å². The lowest BCUT2D eigenvalue weighted by Gasteiger charge is -2.12. The average Bonchev–Trinajstić information content (AvgIpc) is 1.77. The van der Waals surface area contributed by atoms with E-state index in [0.717, 1.165) is 23.0 Å². The van der Waals surface area contributed by atoms with E-state index in [2.05, 4.69) is 220 Å². The number of benzene rings is 4. The summed E-state index contributed by atoms with van der Waals surface area (Å²) in [7, 11) is 8.33. The first-order valence-electron chi connectivity index (χ1n) is 34.0. The Bertz CT molecular complexity index is 3210. The Morgan fingerprint density at radius 1 is 0.420 bits per heavy atom. The van der Waals surface area contributed by atoms with Gasteiger partial charge in [0.2, 0.25) is 29.5 Å². The lowest BCUT2D eigenvalue weighted by molar-refractivity contribution is -0.660. The molecular weight excluding hydrogens is 1080 g/mol. The highest BCUT2D eigenvalue weighted by Gasteiger charge is 2.57. The van der Waals surface area contributed by atoms with Crippen molar-refractivity contribution in [3.63, 3.8) is 0 Å². The third-order valence-corrected chi connectivity index (χ3v) is 16.5. The number of pyridine rings is 4. The molecule has 1 saturated carbocycles.